The minimum absolute atomic E-state index is 0.238. The van der Waals surface area contributed by atoms with Crippen LogP contribution >= 0.6 is 0 Å². The molecule has 0 aliphatic carbocycles. The zero-order valence-electron chi connectivity index (χ0n) is 12.4. The third-order valence-electron chi connectivity index (χ3n) is 3.67. The van der Waals surface area contributed by atoms with Gasteiger partial charge in [-0.1, -0.05) is 6.92 Å². The molecule has 20 heavy (non-hydrogen) atoms. The molecule has 2 rings (SSSR count). The van der Waals surface area contributed by atoms with E-state index in [4.69, 9.17) is 5.73 Å². The normalized spacial score (nSPS) is 13.1. The molecule has 0 aliphatic heterocycles. The Kier molecular flexibility index (Phi) is 3.80. The first-order chi connectivity index (χ1) is 9.47. The van der Waals surface area contributed by atoms with Crippen molar-refractivity contribution in [3.05, 3.63) is 26.7 Å². The standard InChI is InChI=1S/C13H21N5O2/c1-5-9-15-11-10(17(9)6-2)12(19)18(8(3)7-14)13(20)16(11)4/h8H,5-7,14H2,1-4H3. The molecule has 0 aromatic carbocycles. The first-order valence-corrected chi connectivity index (χ1v) is 6.88. The van der Waals surface area contributed by atoms with Gasteiger partial charge in [0, 0.05) is 26.6 Å². The highest BCUT2D eigenvalue weighted by molar-refractivity contribution is 5.71. The lowest BCUT2D eigenvalue weighted by atomic mass is 10.3. The van der Waals surface area contributed by atoms with Gasteiger partial charge in [-0.2, -0.15) is 0 Å². The molecule has 1 unspecified atom stereocenters. The maximum Gasteiger partial charge on any atom is 0.332 e. The van der Waals surface area contributed by atoms with E-state index in [2.05, 4.69) is 4.98 Å². The maximum absolute atomic E-state index is 12.6. The fraction of sp³-hybridized carbons (Fsp3) is 0.615. The molecule has 0 fully saturated rings. The summed E-state index contributed by atoms with van der Waals surface area (Å²) < 4.78 is 4.51. The van der Waals surface area contributed by atoms with Crippen LogP contribution in [0, 0.1) is 0 Å². The van der Waals surface area contributed by atoms with Crippen LogP contribution in [0.1, 0.15) is 32.6 Å². The van der Waals surface area contributed by atoms with E-state index in [1.165, 1.54) is 9.13 Å². The second-order valence-corrected chi connectivity index (χ2v) is 4.90. The lowest BCUT2D eigenvalue weighted by Gasteiger charge is -2.14. The molecule has 0 spiro atoms. The number of nitrogens with zero attached hydrogens (tertiary/aromatic N) is 4. The summed E-state index contributed by atoms with van der Waals surface area (Å²) >= 11 is 0. The van der Waals surface area contributed by atoms with Crippen LogP contribution < -0.4 is 17.0 Å². The van der Waals surface area contributed by atoms with Crippen LogP contribution in [0.4, 0.5) is 0 Å². The highest BCUT2D eigenvalue weighted by Crippen LogP contribution is 2.12. The molecule has 2 N–H and O–H groups in total. The fourth-order valence-electron chi connectivity index (χ4n) is 2.49. The monoisotopic (exact) mass is 279 g/mol. The van der Waals surface area contributed by atoms with Gasteiger partial charge in [0.1, 0.15) is 5.82 Å². The number of imidazole rings is 1. The van der Waals surface area contributed by atoms with Gasteiger partial charge in [0.2, 0.25) is 0 Å². The van der Waals surface area contributed by atoms with Crippen LogP contribution in [-0.4, -0.2) is 25.2 Å². The fourth-order valence-corrected chi connectivity index (χ4v) is 2.49. The lowest BCUT2D eigenvalue weighted by molar-refractivity contribution is 0.500. The van der Waals surface area contributed by atoms with Crippen molar-refractivity contribution in [3.63, 3.8) is 0 Å². The molecular formula is C13H21N5O2. The van der Waals surface area contributed by atoms with Gasteiger partial charge in [0.05, 0.1) is 6.04 Å². The van der Waals surface area contributed by atoms with Gasteiger partial charge in [-0.15, -0.1) is 0 Å². The molecule has 7 heteroatoms. The molecule has 2 heterocycles. The lowest BCUT2D eigenvalue weighted by Crippen LogP contribution is -2.43. The van der Waals surface area contributed by atoms with E-state index in [1.807, 2.05) is 18.4 Å². The molecule has 0 bridgehead atoms. The zero-order chi connectivity index (χ0) is 15.0. The van der Waals surface area contributed by atoms with Crippen molar-refractivity contribution in [1.82, 2.24) is 18.7 Å². The summed E-state index contributed by atoms with van der Waals surface area (Å²) in [5.74, 6) is 0.813. The Balaban J connectivity index is 3.01. The van der Waals surface area contributed by atoms with Crippen LogP contribution in [-0.2, 0) is 20.0 Å². The SMILES string of the molecule is CCc1nc2c(c(=O)n(C(C)CN)c(=O)n2C)n1CC. The molecule has 7 nitrogen and oxygen atoms in total. The van der Waals surface area contributed by atoms with E-state index >= 15 is 0 Å². The van der Waals surface area contributed by atoms with Gasteiger partial charge in [0.25, 0.3) is 5.56 Å². The van der Waals surface area contributed by atoms with Crippen LogP contribution in [0.2, 0.25) is 0 Å². The minimum atomic E-state index is -0.371. The highest BCUT2D eigenvalue weighted by Gasteiger charge is 2.20. The van der Waals surface area contributed by atoms with Gasteiger partial charge in [-0.25, -0.2) is 9.78 Å². The molecule has 0 saturated heterocycles. The Hall–Kier alpha value is -1.89. The van der Waals surface area contributed by atoms with Gasteiger partial charge in [0.15, 0.2) is 11.2 Å². The first-order valence-electron chi connectivity index (χ1n) is 6.88. The van der Waals surface area contributed by atoms with Crippen LogP contribution in [0.25, 0.3) is 11.2 Å². The quantitative estimate of drug-likeness (QED) is 0.853. The molecule has 0 saturated carbocycles. The molecule has 1 atom stereocenters. The molecule has 0 amide bonds. The van der Waals surface area contributed by atoms with Crippen LogP contribution in [0.5, 0.6) is 0 Å². The van der Waals surface area contributed by atoms with Crippen molar-refractivity contribution in [2.45, 2.75) is 39.8 Å². The summed E-state index contributed by atoms with van der Waals surface area (Å²) in [5, 5.41) is 0. The predicted molar refractivity (Wildman–Crippen MR) is 78.1 cm³/mol. The van der Waals surface area contributed by atoms with Gasteiger partial charge < -0.3 is 10.3 Å². The van der Waals surface area contributed by atoms with E-state index < -0.39 is 0 Å². The Morgan fingerprint density at radius 3 is 2.45 bits per heavy atom. The Morgan fingerprint density at radius 1 is 1.30 bits per heavy atom. The number of aromatic nitrogens is 4. The van der Waals surface area contributed by atoms with Crippen LogP contribution in [0.15, 0.2) is 9.59 Å². The summed E-state index contributed by atoms with van der Waals surface area (Å²) in [6, 6.07) is -0.337. The highest BCUT2D eigenvalue weighted by atomic mass is 16.2. The van der Waals surface area contributed by atoms with E-state index in [-0.39, 0.29) is 23.8 Å². The van der Waals surface area contributed by atoms with Gasteiger partial charge in [-0.05, 0) is 13.8 Å². The number of hydrogen-bond donors (Lipinski definition) is 1. The number of aryl methyl sites for hydroxylation is 3. The second-order valence-electron chi connectivity index (χ2n) is 4.90. The molecule has 2 aromatic rings. The number of fused-ring (bicyclic) bond motifs is 1. The number of hydrogen-bond acceptors (Lipinski definition) is 4. The van der Waals surface area contributed by atoms with Crippen molar-refractivity contribution < 1.29 is 0 Å². The Labute approximate surface area is 116 Å². The van der Waals surface area contributed by atoms with Crippen molar-refractivity contribution in [2.75, 3.05) is 6.54 Å². The van der Waals surface area contributed by atoms with Crippen LogP contribution in [0.3, 0.4) is 0 Å². The Bertz CT molecular complexity index is 753. The molecule has 0 radical (unpaired) electrons. The van der Waals surface area contributed by atoms with Crippen molar-refractivity contribution in [2.24, 2.45) is 12.8 Å². The summed E-state index contributed by atoms with van der Waals surface area (Å²) in [6.07, 6.45) is 0.711. The largest absolute Gasteiger partial charge is 0.332 e. The topological polar surface area (TPSA) is 87.8 Å². The average Bonchev–Trinajstić information content (AvgIpc) is 2.83. The van der Waals surface area contributed by atoms with E-state index in [9.17, 15) is 9.59 Å². The van der Waals surface area contributed by atoms with E-state index in [0.717, 1.165) is 5.82 Å². The van der Waals surface area contributed by atoms with E-state index in [0.29, 0.717) is 24.1 Å². The smallest absolute Gasteiger partial charge is 0.328 e. The second kappa shape index (κ2) is 5.24. The molecule has 110 valence electrons. The minimum Gasteiger partial charge on any atom is -0.328 e. The summed E-state index contributed by atoms with van der Waals surface area (Å²) in [5.41, 5.74) is 5.85. The molecule has 0 aliphatic rings. The molecular weight excluding hydrogens is 258 g/mol. The third-order valence-corrected chi connectivity index (χ3v) is 3.67. The van der Waals surface area contributed by atoms with Gasteiger partial charge >= 0.3 is 5.69 Å². The molecule has 2 aromatic heterocycles. The summed E-state index contributed by atoms with van der Waals surface area (Å²) in [4.78, 5) is 29.4. The zero-order valence-corrected chi connectivity index (χ0v) is 12.4. The Morgan fingerprint density at radius 2 is 1.95 bits per heavy atom. The number of rotatable bonds is 4. The van der Waals surface area contributed by atoms with Gasteiger partial charge in [-0.3, -0.25) is 13.9 Å². The van der Waals surface area contributed by atoms with E-state index in [1.54, 1.807) is 14.0 Å². The predicted octanol–water partition coefficient (Wildman–Crippen LogP) is -0.00130. The third kappa shape index (κ3) is 1.89. The van der Waals surface area contributed by atoms with Crippen molar-refractivity contribution >= 4 is 11.2 Å². The first kappa shape index (κ1) is 14.5. The maximum atomic E-state index is 12.6. The number of nitrogens with two attached hydrogens (primary N) is 1. The van der Waals surface area contributed by atoms with Crippen molar-refractivity contribution in [1.29, 1.82) is 0 Å². The summed E-state index contributed by atoms with van der Waals surface area (Å²) in [6.45, 7) is 6.59. The average molecular weight is 279 g/mol. The summed E-state index contributed by atoms with van der Waals surface area (Å²) in [7, 11) is 1.64. The van der Waals surface area contributed by atoms with Crippen molar-refractivity contribution in [3.8, 4) is 0 Å².